The lowest BCUT2D eigenvalue weighted by atomic mass is 10.2. The first-order valence-corrected chi connectivity index (χ1v) is 5.86. The molecule has 0 saturated heterocycles. The Kier molecular flexibility index (Phi) is 4.54. The number of halogens is 3. The second kappa shape index (κ2) is 5.47. The van der Waals surface area contributed by atoms with Gasteiger partial charge in [0.25, 0.3) is 5.91 Å². The number of hydrogen-bond donors (Lipinski definition) is 1. The molecule has 1 unspecified atom stereocenters. The third-order valence-electron chi connectivity index (χ3n) is 1.78. The Bertz CT molecular complexity index is 372. The number of amides is 1. The van der Waals surface area contributed by atoms with Crippen LogP contribution in [0.3, 0.4) is 0 Å². The molecule has 82 valence electrons. The van der Waals surface area contributed by atoms with Crippen LogP contribution in [0.15, 0.2) is 18.2 Å². The van der Waals surface area contributed by atoms with E-state index >= 15 is 0 Å². The van der Waals surface area contributed by atoms with E-state index in [4.69, 9.17) is 11.6 Å². The highest BCUT2D eigenvalue weighted by molar-refractivity contribution is 9.09. The fourth-order valence-corrected chi connectivity index (χ4v) is 1.33. The summed E-state index contributed by atoms with van der Waals surface area (Å²) < 4.78 is 13.3. The van der Waals surface area contributed by atoms with Crippen molar-refractivity contribution < 1.29 is 9.18 Å². The van der Waals surface area contributed by atoms with Crippen molar-refractivity contribution in [2.45, 2.75) is 13.0 Å². The zero-order valence-electron chi connectivity index (χ0n) is 8.06. The number of carbonyl (C=O) groups is 1. The molecule has 0 saturated carbocycles. The Morgan fingerprint density at radius 1 is 1.67 bits per heavy atom. The summed E-state index contributed by atoms with van der Waals surface area (Å²) in [7, 11) is 0. The number of hydrogen-bond acceptors (Lipinski definition) is 1. The number of benzene rings is 1. The summed E-state index contributed by atoms with van der Waals surface area (Å²) in [5, 5.41) is 3.53. The molecule has 0 fully saturated rings. The summed E-state index contributed by atoms with van der Waals surface area (Å²) in [5.41, 5.74) is 0.00667. The second-order valence-corrected chi connectivity index (χ2v) is 4.24. The molecule has 0 radical (unpaired) electrons. The van der Waals surface area contributed by atoms with Crippen molar-refractivity contribution in [3.8, 4) is 0 Å². The molecular formula is C10H10BrClFNO. The van der Waals surface area contributed by atoms with E-state index in [1.165, 1.54) is 12.1 Å². The molecule has 1 N–H and O–H groups in total. The monoisotopic (exact) mass is 293 g/mol. The van der Waals surface area contributed by atoms with Gasteiger partial charge in [-0.15, -0.1) is 0 Å². The minimum absolute atomic E-state index is 0.00667. The van der Waals surface area contributed by atoms with Gasteiger partial charge in [0.05, 0.1) is 5.56 Å². The molecular weight excluding hydrogens is 284 g/mol. The maximum Gasteiger partial charge on any atom is 0.254 e. The van der Waals surface area contributed by atoms with E-state index in [0.29, 0.717) is 5.33 Å². The summed E-state index contributed by atoms with van der Waals surface area (Å²) in [6.45, 7) is 1.82. The Hall–Kier alpha value is -0.610. The first-order valence-electron chi connectivity index (χ1n) is 4.36. The van der Waals surface area contributed by atoms with E-state index in [2.05, 4.69) is 21.2 Å². The van der Waals surface area contributed by atoms with Gasteiger partial charge in [0.1, 0.15) is 5.82 Å². The highest BCUT2D eigenvalue weighted by Crippen LogP contribution is 2.14. The number of rotatable bonds is 3. The Balaban J connectivity index is 2.82. The van der Waals surface area contributed by atoms with Crippen molar-refractivity contribution in [3.63, 3.8) is 0 Å². The molecule has 15 heavy (non-hydrogen) atoms. The maximum absolute atomic E-state index is 13.3. The third kappa shape index (κ3) is 3.47. The zero-order valence-corrected chi connectivity index (χ0v) is 10.4. The second-order valence-electron chi connectivity index (χ2n) is 3.15. The topological polar surface area (TPSA) is 29.1 Å². The molecule has 0 aromatic heterocycles. The number of carbonyl (C=O) groups excluding carboxylic acids is 1. The average molecular weight is 295 g/mol. The van der Waals surface area contributed by atoms with Crippen molar-refractivity contribution in [1.29, 1.82) is 0 Å². The highest BCUT2D eigenvalue weighted by atomic mass is 79.9. The average Bonchev–Trinajstić information content (AvgIpc) is 2.17. The Morgan fingerprint density at radius 2 is 2.33 bits per heavy atom. The number of alkyl halides is 1. The third-order valence-corrected chi connectivity index (χ3v) is 2.99. The maximum atomic E-state index is 13.3. The van der Waals surface area contributed by atoms with Crippen LogP contribution in [-0.4, -0.2) is 17.3 Å². The van der Waals surface area contributed by atoms with Gasteiger partial charge < -0.3 is 5.32 Å². The van der Waals surface area contributed by atoms with Crippen molar-refractivity contribution in [3.05, 3.63) is 34.6 Å². The molecule has 0 aliphatic rings. The molecule has 0 aliphatic carbocycles. The lowest BCUT2D eigenvalue weighted by Gasteiger charge is -2.10. The van der Waals surface area contributed by atoms with Gasteiger partial charge in [-0.25, -0.2) is 4.39 Å². The molecule has 2 nitrogen and oxygen atoms in total. The lowest BCUT2D eigenvalue weighted by Crippen LogP contribution is -2.34. The molecule has 0 spiro atoms. The van der Waals surface area contributed by atoms with Crippen LogP contribution >= 0.6 is 27.5 Å². The van der Waals surface area contributed by atoms with Crippen LogP contribution in [0.4, 0.5) is 4.39 Å². The minimum Gasteiger partial charge on any atom is -0.349 e. The molecule has 0 bridgehead atoms. The fourth-order valence-electron chi connectivity index (χ4n) is 1.01. The molecule has 1 rings (SSSR count). The predicted octanol–water partition coefficient (Wildman–Crippen LogP) is 2.99. The molecule has 1 aromatic rings. The van der Waals surface area contributed by atoms with Gasteiger partial charge in [0.15, 0.2) is 0 Å². The summed E-state index contributed by atoms with van der Waals surface area (Å²) >= 11 is 8.79. The fraction of sp³-hybridized carbons (Fsp3) is 0.300. The zero-order chi connectivity index (χ0) is 11.4. The van der Waals surface area contributed by atoms with Gasteiger partial charge >= 0.3 is 0 Å². The first kappa shape index (κ1) is 12.5. The summed E-state index contributed by atoms with van der Waals surface area (Å²) in [5.74, 6) is -1.04. The molecule has 0 heterocycles. The van der Waals surface area contributed by atoms with Crippen LogP contribution in [0.5, 0.6) is 0 Å². The van der Waals surface area contributed by atoms with Crippen LogP contribution in [0, 0.1) is 5.82 Å². The van der Waals surface area contributed by atoms with Gasteiger partial charge in [-0.2, -0.15) is 0 Å². The summed E-state index contributed by atoms with van der Waals surface area (Å²) in [6, 6.07) is 3.93. The quantitative estimate of drug-likeness (QED) is 0.853. The molecule has 0 aliphatic heterocycles. The predicted molar refractivity (Wildman–Crippen MR) is 62.1 cm³/mol. The van der Waals surface area contributed by atoms with E-state index in [0.717, 1.165) is 6.07 Å². The highest BCUT2D eigenvalue weighted by Gasteiger charge is 2.13. The first-order chi connectivity index (χ1) is 7.04. The normalized spacial score (nSPS) is 12.3. The van der Waals surface area contributed by atoms with Gasteiger partial charge in [0.2, 0.25) is 0 Å². The smallest absolute Gasteiger partial charge is 0.254 e. The van der Waals surface area contributed by atoms with E-state index in [1.807, 2.05) is 6.92 Å². The largest absolute Gasteiger partial charge is 0.349 e. The summed E-state index contributed by atoms with van der Waals surface area (Å²) in [4.78, 5) is 11.5. The van der Waals surface area contributed by atoms with Crippen molar-refractivity contribution in [2.75, 3.05) is 5.33 Å². The van der Waals surface area contributed by atoms with Gasteiger partial charge in [-0.1, -0.05) is 27.5 Å². The van der Waals surface area contributed by atoms with Gasteiger partial charge in [0, 0.05) is 16.4 Å². The van der Waals surface area contributed by atoms with Crippen molar-refractivity contribution in [1.82, 2.24) is 5.32 Å². The Labute approximate surface area is 101 Å². The van der Waals surface area contributed by atoms with E-state index in [1.54, 1.807) is 0 Å². The van der Waals surface area contributed by atoms with Crippen LogP contribution in [-0.2, 0) is 0 Å². The van der Waals surface area contributed by atoms with Crippen LogP contribution in [0.2, 0.25) is 5.02 Å². The Morgan fingerprint density at radius 3 is 2.87 bits per heavy atom. The van der Waals surface area contributed by atoms with Crippen molar-refractivity contribution >= 4 is 33.4 Å². The lowest BCUT2D eigenvalue weighted by molar-refractivity contribution is 0.0940. The molecule has 1 amide bonds. The van der Waals surface area contributed by atoms with E-state index in [9.17, 15) is 9.18 Å². The van der Waals surface area contributed by atoms with Gasteiger partial charge in [-0.05, 0) is 25.1 Å². The molecule has 1 aromatic carbocycles. The minimum atomic E-state index is -0.609. The summed E-state index contributed by atoms with van der Waals surface area (Å²) in [6.07, 6.45) is 0. The van der Waals surface area contributed by atoms with Crippen LogP contribution in [0.25, 0.3) is 0 Å². The van der Waals surface area contributed by atoms with Crippen LogP contribution in [0.1, 0.15) is 17.3 Å². The van der Waals surface area contributed by atoms with Gasteiger partial charge in [-0.3, -0.25) is 4.79 Å². The molecule has 5 heteroatoms. The van der Waals surface area contributed by atoms with E-state index < -0.39 is 11.7 Å². The van der Waals surface area contributed by atoms with E-state index in [-0.39, 0.29) is 16.6 Å². The standard InChI is InChI=1S/C10H10BrClFNO/c1-6(5-11)14-10(15)8-3-2-7(12)4-9(8)13/h2-4,6H,5H2,1H3,(H,14,15). The number of nitrogens with one attached hydrogen (secondary N) is 1. The molecule has 1 atom stereocenters. The van der Waals surface area contributed by atoms with Crippen LogP contribution < -0.4 is 5.32 Å². The van der Waals surface area contributed by atoms with Crippen molar-refractivity contribution in [2.24, 2.45) is 0 Å². The SMILES string of the molecule is CC(CBr)NC(=O)c1ccc(Cl)cc1F.